The summed E-state index contributed by atoms with van der Waals surface area (Å²) in [7, 11) is -2.58. The van der Waals surface area contributed by atoms with Gasteiger partial charge in [0.25, 0.3) is 0 Å². The van der Waals surface area contributed by atoms with Crippen LogP contribution in [0.3, 0.4) is 0 Å². The van der Waals surface area contributed by atoms with Gasteiger partial charge in [0.05, 0.1) is 13.7 Å². The smallest absolute Gasteiger partial charge is 0.339 e. The van der Waals surface area contributed by atoms with Crippen molar-refractivity contribution in [3.8, 4) is 17.2 Å². The largest absolute Gasteiger partial charge is 0.493 e. The molecule has 0 amide bonds. The van der Waals surface area contributed by atoms with Crippen LogP contribution in [0.15, 0.2) is 65.6 Å². The van der Waals surface area contributed by atoms with Gasteiger partial charge >= 0.3 is 10.1 Å². The van der Waals surface area contributed by atoms with E-state index in [0.29, 0.717) is 28.9 Å². The second kappa shape index (κ2) is 7.03. The number of rotatable bonds is 6. The van der Waals surface area contributed by atoms with E-state index in [2.05, 4.69) is 0 Å². The van der Waals surface area contributed by atoms with Crippen LogP contribution in [0.4, 0.5) is 0 Å². The van der Waals surface area contributed by atoms with E-state index in [1.165, 1.54) is 13.2 Å². The molecule has 0 aromatic heterocycles. The quantitative estimate of drug-likeness (QED) is 0.623. The van der Waals surface area contributed by atoms with E-state index in [1.54, 1.807) is 42.5 Å². The lowest BCUT2D eigenvalue weighted by atomic mass is 10.1. The summed E-state index contributed by atoms with van der Waals surface area (Å²) >= 11 is 0. The number of hydrogen-bond donors (Lipinski definition) is 0. The molecule has 0 aliphatic heterocycles. The molecule has 5 nitrogen and oxygen atoms in total. The van der Waals surface area contributed by atoms with Gasteiger partial charge in [-0.3, -0.25) is 0 Å². The van der Waals surface area contributed by atoms with Crippen molar-refractivity contribution in [1.82, 2.24) is 0 Å². The zero-order valence-corrected chi connectivity index (χ0v) is 14.7. The molecule has 0 atom stereocenters. The fourth-order valence-corrected chi connectivity index (χ4v) is 3.74. The standard InChI is InChI=1S/C19H18O5S/c1-3-23-16-12-13-19(15-9-5-4-8-14(15)16)25(20,21)24-18-11-7-6-10-17(18)22-2/h4-13H,3H2,1-2H3. The minimum absolute atomic E-state index is 0.0810. The summed E-state index contributed by atoms with van der Waals surface area (Å²) in [5.41, 5.74) is 0. The monoisotopic (exact) mass is 358 g/mol. The topological polar surface area (TPSA) is 61.8 Å². The van der Waals surface area contributed by atoms with Crippen molar-refractivity contribution in [3.05, 3.63) is 60.7 Å². The predicted molar refractivity (Wildman–Crippen MR) is 95.9 cm³/mol. The molecule has 3 aromatic rings. The lowest BCUT2D eigenvalue weighted by molar-refractivity contribution is 0.344. The highest BCUT2D eigenvalue weighted by Crippen LogP contribution is 2.34. The van der Waals surface area contributed by atoms with Crippen LogP contribution in [0.5, 0.6) is 17.2 Å². The maximum absolute atomic E-state index is 12.8. The summed E-state index contributed by atoms with van der Waals surface area (Å²) in [5.74, 6) is 1.12. The normalized spacial score (nSPS) is 11.3. The van der Waals surface area contributed by atoms with Gasteiger partial charge in [0.2, 0.25) is 0 Å². The van der Waals surface area contributed by atoms with Crippen molar-refractivity contribution in [3.63, 3.8) is 0 Å². The Morgan fingerprint density at radius 1 is 0.800 bits per heavy atom. The minimum Gasteiger partial charge on any atom is -0.493 e. The summed E-state index contributed by atoms with van der Waals surface area (Å²) in [4.78, 5) is 0.0810. The van der Waals surface area contributed by atoms with Crippen LogP contribution in [-0.2, 0) is 10.1 Å². The molecule has 0 bridgehead atoms. The molecule has 0 N–H and O–H groups in total. The third-order valence-corrected chi connectivity index (χ3v) is 4.98. The second-order valence-corrected chi connectivity index (χ2v) is 6.74. The average Bonchev–Trinajstić information content (AvgIpc) is 2.62. The number of hydrogen-bond acceptors (Lipinski definition) is 5. The van der Waals surface area contributed by atoms with Crippen molar-refractivity contribution in [2.24, 2.45) is 0 Å². The number of ether oxygens (including phenoxy) is 2. The minimum atomic E-state index is -4.04. The Morgan fingerprint density at radius 2 is 1.44 bits per heavy atom. The van der Waals surface area contributed by atoms with Gasteiger partial charge < -0.3 is 13.7 Å². The van der Waals surface area contributed by atoms with Gasteiger partial charge in [0.15, 0.2) is 11.5 Å². The Bertz CT molecular complexity index is 996. The number of fused-ring (bicyclic) bond motifs is 1. The van der Waals surface area contributed by atoms with Gasteiger partial charge in [-0.05, 0) is 31.2 Å². The van der Waals surface area contributed by atoms with E-state index in [1.807, 2.05) is 19.1 Å². The molecule has 0 heterocycles. The zero-order valence-electron chi connectivity index (χ0n) is 13.9. The molecule has 0 fully saturated rings. The highest BCUT2D eigenvalue weighted by molar-refractivity contribution is 7.87. The SMILES string of the molecule is CCOc1ccc(S(=O)(=O)Oc2ccccc2OC)c2ccccc12. The molecular weight excluding hydrogens is 340 g/mol. The van der Waals surface area contributed by atoms with E-state index < -0.39 is 10.1 Å². The van der Waals surface area contributed by atoms with Gasteiger partial charge in [-0.1, -0.05) is 36.4 Å². The Kier molecular flexibility index (Phi) is 4.81. The summed E-state index contributed by atoms with van der Waals surface area (Å²) in [6.07, 6.45) is 0. The van der Waals surface area contributed by atoms with Crippen LogP contribution < -0.4 is 13.7 Å². The van der Waals surface area contributed by atoms with Crippen LogP contribution in [-0.4, -0.2) is 22.1 Å². The Hall–Kier alpha value is -2.73. The van der Waals surface area contributed by atoms with E-state index in [-0.39, 0.29) is 10.6 Å². The van der Waals surface area contributed by atoms with Crippen molar-refractivity contribution in [2.75, 3.05) is 13.7 Å². The summed E-state index contributed by atoms with van der Waals surface area (Å²) in [6.45, 7) is 2.37. The van der Waals surface area contributed by atoms with Crippen molar-refractivity contribution in [2.45, 2.75) is 11.8 Å². The first-order valence-corrected chi connectivity index (χ1v) is 9.19. The molecule has 3 rings (SSSR count). The predicted octanol–water partition coefficient (Wildman–Crippen LogP) is 4.01. The molecule has 3 aromatic carbocycles. The molecule has 130 valence electrons. The van der Waals surface area contributed by atoms with Gasteiger partial charge in [-0.25, -0.2) is 0 Å². The Labute approximate surface area is 146 Å². The third kappa shape index (κ3) is 3.39. The number of methoxy groups -OCH3 is 1. The Balaban J connectivity index is 2.10. The number of benzene rings is 3. The van der Waals surface area contributed by atoms with E-state index in [0.717, 1.165) is 0 Å². The summed E-state index contributed by atoms with van der Waals surface area (Å²) < 4.78 is 41.7. The molecular formula is C19H18O5S. The van der Waals surface area contributed by atoms with Crippen LogP contribution in [0.2, 0.25) is 0 Å². The molecule has 0 aliphatic carbocycles. The van der Waals surface area contributed by atoms with E-state index >= 15 is 0 Å². The van der Waals surface area contributed by atoms with E-state index in [9.17, 15) is 8.42 Å². The first-order chi connectivity index (χ1) is 12.1. The Morgan fingerprint density at radius 3 is 2.12 bits per heavy atom. The van der Waals surface area contributed by atoms with Crippen LogP contribution >= 0.6 is 0 Å². The fourth-order valence-electron chi connectivity index (χ4n) is 2.59. The fraction of sp³-hybridized carbons (Fsp3) is 0.158. The van der Waals surface area contributed by atoms with Crippen LogP contribution in [0, 0.1) is 0 Å². The maximum Gasteiger partial charge on any atom is 0.339 e. The van der Waals surface area contributed by atoms with Gasteiger partial charge in [0, 0.05) is 10.8 Å². The average molecular weight is 358 g/mol. The zero-order chi connectivity index (χ0) is 17.9. The number of para-hydroxylation sites is 2. The second-order valence-electron chi connectivity index (χ2n) is 5.23. The molecule has 0 saturated heterocycles. The van der Waals surface area contributed by atoms with Gasteiger partial charge in [0.1, 0.15) is 10.6 Å². The lowest BCUT2D eigenvalue weighted by Gasteiger charge is -2.14. The van der Waals surface area contributed by atoms with Crippen molar-refractivity contribution < 1.29 is 22.1 Å². The van der Waals surface area contributed by atoms with E-state index in [4.69, 9.17) is 13.7 Å². The highest BCUT2D eigenvalue weighted by atomic mass is 32.2. The summed E-state index contributed by atoms with van der Waals surface area (Å²) in [6, 6.07) is 16.9. The van der Waals surface area contributed by atoms with Crippen molar-refractivity contribution >= 4 is 20.9 Å². The lowest BCUT2D eigenvalue weighted by Crippen LogP contribution is -2.11. The maximum atomic E-state index is 12.8. The molecule has 0 aliphatic rings. The first kappa shape index (κ1) is 17.1. The summed E-state index contributed by atoms with van der Waals surface area (Å²) in [5, 5.41) is 1.26. The van der Waals surface area contributed by atoms with Gasteiger partial charge in [-0.15, -0.1) is 0 Å². The molecule has 6 heteroatoms. The van der Waals surface area contributed by atoms with Crippen molar-refractivity contribution in [1.29, 1.82) is 0 Å². The molecule has 0 spiro atoms. The molecule has 0 radical (unpaired) electrons. The van der Waals surface area contributed by atoms with Crippen LogP contribution in [0.1, 0.15) is 6.92 Å². The first-order valence-electron chi connectivity index (χ1n) is 7.79. The highest BCUT2D eigenvalue weighted by Gasteiger charge is 2.22. The van der Waals surface area contributed by atoms with Gasteiger partial charge in [-0.2, -0.15) is 8.42 Å². The molecule has 0 unspecified atom stereocenters. The molecule has 25 heavy (non-hydrogen) atoms. The third-order valence-electron chi connectivity index (χ3n) is 3.68. The molecule has 0 saturated carbocycles. The van der Waals surface area contributed by atoms with Crippen LogP contribution in [0.25, 0.3) is 10.8 Å².